The average molecular weight is 472 g/mol. The van der Waals surface area contributed by atoms with Crippen LogP contribution >= 0.6 is 27.3 Å². The van der Waals surface area contributed by atoms with E-state index in [1.165, 1.54) is 22.5 Å². The first-order valence-corrected chi connectivity index (χ1v) is 11.5. The van der Waals surface area contributed by atoms with E-state index in [1.807, 2.05) is 29.6 Å². The highest BCUT2D eigenvalue weighted by atomic mass is 79.9. The van der Waals surface area contributed by atoms with E-state index in [4.69, 9.17) is 0 Å². The summed E-state index contributed by atoms with van der Waals surface area (Å²) in [5.41, 5.74) is 4.42. The molecule has 1 heterocycles. The molecular weight excluding hydrogens is 446 g/mol. The van der Waals surface area contributed by atoms with E-state index in [2.05, 4.69) is 76.6 Å². The number of anilines is 1. The fourth-order valence-electron chi connectivity index (χ4n) is 2.96. The third-order valence-electron chi connectivity index (χ3n) is 5.08. The molecule has 4 nitrogen and oxygen atoms in total. The van der Waals surface area contributed by atoms with E-state index in [0.29, 0.717) is 11.0 Å². The Labute approximate surface area is 184 Å². The SMILES string of the molecule is CCC(C)c1ccc(C(C)NCC(=O)Nc2nc(-c3ccc(Br)cc3)cs2)cc1. The van der Waals surface area contributed by atoms with Gasteiger partial charge in [0.15, 0.2) is 5.13 Å². The monoisotopic (exact) mass is 471 g/mol. The predicted octanol–water partition coefficient (Wildman–Crippen LogP) is 6.38. The second-order valence-electron chi connectivity index (χ2n) is 7.17. The van der Waals surface area contributed by atoms with Gasteiger partial charge in [-0.05, 0) is 42.5 Å². The molecule has 1 aromatic heterocycles. The summed E-state index contributed by atoms with van der Waals surface area (Å²) in [6, 6.07) is 16.7. The summed E-state index contributed by atoms with van der Waals surface area (Å²) >= 11 is 4.86. The normalized spacial score (nSPS) is 13.1. The number of amides is 1. The van der Waals surface area contributed by atoms with Crippen LogP contribution in [0.15, 0.2) is 58.4 Å². The minimum Gasteiger partial charge on any atom is -0.302 e. The molecule has 2 atom stereocenters. The first-order valence-electron chi connectivity index (χ1n) is 9.80. The van der Waals surface area contributed by atoms with Gasteiger partial charge in [0.05, 0.1) is 12.2 Å². The number of nitrogens with one attached hydrogen (secondary N) is 2. The van der Waals surface area contributed by atoms with Gasteiger partial charge in [-0.25, -0.2) is 4.98 Å². The molecule has 1 amide bonds. The molecule has 3 aromatic rings. The van der Waals surface area contributed by atoms with E-state index in [9.17, 15) is 4.79 Å². The number of nitrogens with zero attached hydrogens (tertiary/aromatic N) is 1. The summed E-state index contributed by atoms with van der Waals surface area (Å²) in [4.78, 5) is 16.8. The zero-order valence-corrected chi connectivity index (χ0v) is 19.3. The van der Waals surface area contributed by atoms with E-state index < -0.39 is 0 Å². The van der Waals surface area contributed by atoms with Crippen molar-refractivity contribution in [1.82, 2.24) is 10.3 Å². The summed E-state index contributed by atoms with van der Waals surface area (Å²) in [5, 5.41) is 8.73. The topological polar surface area (TPSA) is 54.0 Å². The molecule has 0 bridgehead atoms. The number of hydrogen-bond donors (Lipinski definition) is 2. The van der Waals surface area contributed by atoms with Crippen molar-refractivity contribution in [2.75, 3.05) is 11.9 Å². The van der Waals surface area contributed by atoms with Gasteiger partial charge in [-0.15, -0.1) is 11.3 Å². The van der Waals surface area contributed by atoms with Crippen molar-refractivity contribution in [3.63, 3.8) is 0 Å². The van der Waals surface area contributed by atoms with Gasteiger partial charge >= 0.3 is 0 Å². The molecule has 0 fully saturated rings. The van der Waals surface area contributed by atoms with Crippen LogP contribution in [0.1, 0.15) is 50.3 Å². The van der Waals surface area contributed by atoms with Crippen LogP contribution in [0.3, 0.4) is 0 Å². The molecule has 3 rings (SSSR count). The number of benzene rings is 2. The quantitative estimate of drug-likeness (QED) is 0.400. The third-order valence-corrected chi connectivity index (χ3v) is 6.36. The number of thiazole rings is 1. The molecule has 0 radical (unpaired) electrons. The van der Waals surface area contributed by atoms with Crippen molar-refractivity contribution >= 4 is 38.3 Å². The Hall–Kier alpha value is -2.02. The highest BCUT2D eigenvalue weighted by Gasteiger charge is 2.11. The maximum Gasteiger partial charge on any atom is 0.240 e. The lowest BCUT2D eigenvalue weighted by Crippen LogP contribution is -2.30. The molecule has 29 heavy (non-hydrogen) atoms. The molecule has 0 saturated heterocycles. The van der Waals surface area contributed by atoms with Crippen molar-refractivity contribution in [3.8, 4) is 11.3 Å². The van der Waals surface area contributed by atoms with E-state index in [1.54, 1.807) is 0 Å². The fraction of sp³-hybridized carbons (Fsp3) is 0.304. The van der Waals surface area contributed by atoms with Crippen molar-refractivity contribution in [2.45, 2.75) is 39.2 Å². The lowest BCUT2D eigenvalue weighted by molar-refractivity contribution is -0.115. The Kier molecular flexibility index (Phi) is 7.58. The van der Waals surface area contributed by atoms with Gasteiger partial charge < -0.3 is 10.6 Å². The number of aromatic nitrogens is 1. The summed E-state index contributed by atoms with van der Waals surface area (Å²) in [6.45, 7) is 6.75. The molecule has 2 N–H and O–H groups in total. The highest BCUT2D eigenvalue weighted by Crippen LogP contribution is 2.26. The number of halogens is 1. The number of carbonyl (C=O) groups excluding carboxylic acids is 1. The Balaban J connectivity index is 1.51. The van der Waals surface area contributed by atoms with Gasteiger partial charge in [0, 0.05) is 21.5 Å². The minimum absolute atomic E-state index is 0.0928. The van der Waals surface area contributed by atoms with Crippen LogP contribution in [0.2, 0.25) is 0 Å². The highest BCUT2D eigenvalue weighted by molar-refractivity contribution is 9.10. The van der Waals surface area contributed by atoms with Crippen LogP contribution in [-0.2, 0) is 4.79 Å². The van der Waals surface area contributed by atoms with Crippen LogP contribution in [0, 0.1) is 0 Å². The van der Waals surface area contributed by atoms with E-state index >= 15 is 0 Å². The van der Waals surface area contributed by atoms with Gasteiger partial charge in [-0.1, -0.05) is 66.2 Å². The standard InChI is InChI=1S/C23H26BrN3OS/c1-4-15(2)17-5-7-18(8-6-17)16(3)25-13-22(28)27-23-26-21(14-29-23)19-9-11-20(24)12-10-19/h5-12,14-16,25H,4,13H2,1-3H3,(H,26,27,28). The number of carbonyl (C=O) groups is 1. The summed E-state index contributed by atoms with van der Waals surface area (Å²) in [5.74, 6) is 0.475. The third kappa shape index (κ3) is 5.98. The number of rotatable bonds is 8. The Morgan fingerprint density at radius 1 is 1.07 bits per heavy atom. The second kappa shape index (κ2) is 10.1. The van der Waals surface area contributed by atoms with Gasteiger partial charge in [0.2, 0.25) is 5.91 Å². The molecule has 2 unspecified atom stereocenters. The zero-order valence-electron chi connectivity index (χ0n) is 16.9. The van der Waals surface area contributed by atoms with Gasteiger partial charge in [0.25, 0.3) is 0 Å². The van der Waals surface area contributed by atoms with Gasteiger partial charge in [0.1, 0.15) is 0 Å². The molecule has 152 valence electrons. The zero-order chi connectivity index (χ0) is 20.8. The fourth-order valence-corrected chi connectivity index (χ4v) is 3.96. The maximum absolute atomic E-state index is 12.3. The van der Waals surface area contributed by atoms with Gasteiger partial charge in [-0.2, -0.15) is 0 Å². The molecule has 0 aliphatic carbocycles. The summed E-state index contributed by atoms with van der Waals surface area (Å²) in [6.07, 6.45) is 1.13. The molecule has 0 aliphatic rings. The van der Waals surface area contributed by atoms with Gasteiger partial charge in [-0.3, -0.25) is 4.79 Å². The van der Waals surface area contributed by atoms with Crippen LogP contribution in [0.25, 0.3) is 11.3 Å². The molecule has 6 heteroatoms. The Bertz CT molecular complexity index is 938. The molecule has 0 saturated carbocycles. The van der Waals surface area contributed by atoms with Crippen molar-refractivity contribution in [1.29, 1.82) is 0 Å². The Morgan fingerprint density at radius 2 is 1.72 bits per heavy atom. The molecular formula is C23H26BrN3OS. The van der Waals surface area contributed by atoms with Crippen LogP contribution < -0.4 is 10.6 Å². The van der Waals surface area contributed by atoms with Crippen LogP contribution in [0.5, 0.6) is 0 Å². The Morgan fingerprint density at radius 3 is 2.38 bits per heavy atom. The summed E-state index contributed by atoms with van der Waals surface area (Å²) < 4.78 is 1.03. The molecule has 0 aliphatic heterocycles. The lowest BCUT2D eigenvalue weighted by Gasteiger charge is -2.15. The first-order chi connectivity index (χ1) is 14.0. The summed E-state index contributed by atoms with van der Waals surface area (Å²) in [7, 11) is 0. The lowest BCUT2D eigenvalue weighted by atomic mass is 9.96. The first kappa shape index (κ1) is 21.7. The molecule has 2 aromatic carbocycles. The predicted molar refractivity (Wildman–Crippen MR) is 125 cm³/mol. The average Bonchev–Trinajstić information content (AvgIpc) is 3.20. The van der Waals surface area contributed by atoms with E-state index in [-0.39, 0.29) is 18.5 Å². The smallest absolute Gasteiger partial charge is 0.240 e. The minimum atomic E-state index is -0.0928. The maximum atomic E-state index is 12.3. The van der Waals surface area contributed by atoms with Crippen molar-refractivity contribution < 1.29 is 4.79 Å². The number of hydrogen-bond acceptors (Lipinski definition) is 4. The van der Waals surface area contributed by atoms with Crippen molar-refractivity contribution in [3.05, 3.63) is 69.5 Å². The van der Waals surface area contributed by atoms with Crippen molar-refractivity contribution in [2.24, 2.45) is 0 Å². The molecule has 0 spiro atoms. The van der Waals surface area contributed by atoms with Crippen LogP contribution in [0.4, 0.5) is 5.13 Å². The van der Waals surface area contributed by atoms with Crippen LogP contribution in [-0.4, -0.2) is 17.4 Å². The second-order valence-corrected chi connectivity index (χ2v) is 8.95. The largest absolute Gasteiger partial charge is 0.302 e. The van der Waals surface area contributed by atoms with E-state index in [0.717, 1.165) is 22.2 Å².